The van der Waals surface area contributed by atoms with Crippen molar-refractivity contribution in [1.82, 2.24) is 5.32 Å². The summed E-state index contributed by atoms with van der Waals surface area (Å²) in [5, 5.41) is 7.64. The fourth-order valence-corrected chi connectivity index (χ4v) is 5.19. The molecule has 4 aromatic rings. The Morgan fingerprint density at radius 1 is 0.841 bits per heavy atom. The van der Waals surface area contributed by atoms with Gasteiger partial charge in [0.2, 0.25) is 5.91 Å². The Labute approximate surface area is 265 Å². The molecule has 44 heavy (non-hydrogen) atoms. The number of thioether (sulfide) groups is 1. The van der Waals surface area contributed by atoms with E-state index in [1.54, 1.807) is 73.7 Å². The van der Waals surface area contributed by atoms with Crippen molar-refractivity contribution in [2.24, 2.45) is 0 Å². The van der Waals surface area contributed by atoms with Gasteiger partial charge in [-0.05, 0) is 79.2 Å². The topological polar surface area (TPSA) is 87.3 Å². The maximum absolute atomic E-state index is 13.3. The van der Waals surface area contributed by atoms with E-state index in [2.05, 4.69) is 16.0 Å². The monoisotopic (exact) mass is 657 g/mol. The summed E-state index contributed by atoms with van der Waals surface area (Å²) in [5.74, 6) is -1.74. The number of halogens is 5. The summed E-state index contributed by atoms with van der Waals surface area (Å²) in [7, 11) is 0. The molecule has 0 aromatic heterocycles. The smallest absolute Gasteiger partial charge is 0.325 e. The molecule has 1 atom stereocenters. The van der Waals surface area contributed by atoms with E-state index in [1.807, 2.05) is 0 Å². The third-order valence-corrected chi connectivity index (χ3v) is 7.75. The average Bonchev–Trinajstić information content (AvgIpc) is 2.99. The predicted octanol–water partition coefficient (Wildman–Crippen LogP) is 8.54. The third kappa shape index (κ3) is 8.89. The highest BCUT2D eigenvalue weighted by atomic mass is 35.5. The Hall–Kier alpha value is -4.25. The number of carbonyl (C=O) groups excluding carboxylic acids is 3. The number of benzene rings is 4. The van der Waals surface area contributed by atoms with Crippen molar-refractivity contribution < 1.29 is 27.6 Å². The minimum absolute atomic E-state index is 0.0778. The zero-order valence-corrected chi connectivity index (χ0v) is 25.2. The van der Waals surface area contributed by atoms with Crippen molar-refractivity contribution in [2.45, 2.75) is 23.2 Å². The van der Waals surface area contributed by atoms with Gasteiger partial charge in [-0.3, -0.25) is 14.4 Å². The number of carbonyl (C=O) groups is 3. The van der Waals surface area contributed by atoms with Gasteiger partial charge in [0.25, 0.3) is 11.8 Å². The third-order valence-electron chi connectivity index (χ3n) is 6.08. The molecule has 0 aliphatic heterocycles. The van der Waals surface area contributed by atoms with Gasteiger partial charge in [-0.1, -0.05) is 59.6 Å². The summed E-state index contributed by atoms with van der Waals surface area (Å²) >= 11 is 13.4. The van der Waals surface area contributed by atoms with Crippen molar-refractivity contribution in [1.29, 1.82) is 0 Å². The van der Waals surface area contributed by atoms with E-state index < -0.39 is 34.7 Å². The van der Waals surface area contributed by atoms with Crippen LogP contribution in [0.3, 0.4) is 0 Å². The molecule has 226 valence electrons. The largest absolute Gasteiger partial charge is 0.418 e. The van der Waals surface area contributed by atoms with Crippen molar-refractivity contribution in [3.63, 3.8) is 0 Å². The van der Waals surface area contributed by atoms with Gasteiger partial charge in [0.15, 0.2) is 0 Å². The fourth-order valence-electron chi connectivity index (χ4n) is 3.86. The molecule has 0 bridgehead atoms. The van der Waals surface area contributed by atoms with Crippen LogP contribution in [0.2, 0.25) is 10.0 Å². The summed E-state index contributed by atoms with van der Waals surface area (Å²) in [6, 6.07) is 24.3. The number of para-hydroxylation sites is 1. The average molecular weight is 659 g/mol. The molecule has 4 rings (SSSR count). The van der Waals surface area contributed by atoms with E-state index in [1.165, 1.54) is 30.3 Å². The van der Waals surface area contributed by atoms with E-state index in [4.69, 9.17) is 23.2 Å². The molecule has 0 saturated carbocycles. The van der Waals surface area contributed by atoms with Crippen LogP contribution in [0, 0.1) is 0 Å². The first kappa shape index (κ1) is 32.7. The highest BCUT2D eigenvalue weighted by Gasteiger charge is 2.34. The van der Waals surface area contributed by atoms with Gasteiger partial charge in [-0.15, -0.1) is 11.8 Å². The fraction of sp³-hybridized carbons (Fsp3) is 0.0938. The maximum Gasteiger partial charge on any atom is 0.418 e. The quantitative estimate of drug-likeness (QED) is 0.124. The first-order chi connectivity index (χ1) is 20.9. The maximum atomic E-state index is 13.3. The highest BCUT2D eigenvalue weighted by Crippen LogP contribution is 2.35. The first-order valence-electron chi connectivity index (χ1n) is 13.0. The van der Waals surface area contributed by atoms with Crippen LogP contribution < -0.4 is 16.0 Å². The zero-order chi connectivity index (χ0) is 31.9. The second kappa shape index (κ2) is 14.5. The van der Waals surface area contributed by atoms with E-state index in [0.717, 1.165) is 17.8 Å². The molecule has 0 fully saturated rings. The Bertz CT molecular complexity index is 1700. The van der Waals surface area contributed by atoms with Gasteiger partial charge in [0, 0.05) is 26.2 Å². The van der Waals surface area contributed by atoms with Crippen molar-refractivity contribution in [2.75, 3.05) is 10.6 Å². The Morgan fingerprint density at radius 2 is 1.50 bits per heavy atom. The van der Waals surface area contributed by atoms with Crippen LogP contribution in [0.1, 0.15) is 28.4 Å². The van der Waals surface area contributed by atoms with Crippen LogP contribution in [-0.2, 0) is 15.8 Å². The number of alkyl halides is 3. The molecule has 6 nitrogen and oxygen atoms in total. The zero-order valence-electron chi connectivity index (χ0n) is 22.9. The molecule has 0 aliphatic rings. The van der Waals surface area contributed by atoms with Gasteiger partial charge in [0.1, 0.15) is 5.70 Å². The number of hydrogen-bond donors (Lipinski definition) is 3. The van der Waals surface area contributed by atoms with Crippen molar-refractivity contribution in [3.8, 4) is 0 Å². The van der Waals surface area contributed by atoms with Gasteiger partial charge in [-0.2, -0.15) is 13.2 Å². The molecule has 3 N–H and O–H groups in total. The Balaban J connectivity index is 1.45. The van der Waals surface area contributed by atoms with Crippen LogP contribution in [-0.4, -0.2) is 23.0 Å². The van der Waals surface area contributed by atoms with Gasteiger partial charge < -0.3 is 16.0 Å². The SMILES string of the molecule is CC(Sc1ccc(NC(=O)/C(=C/c2ccc(Cl)cc2Cl)NC(=O)c2ccccc2)cc1)C(=O)Nc1ccccc1C(F)(F)F. The standard InChI is InChI=1S/C32H24Cl2F3N3O3S/c1-19(29(41)39-27-10-6-5-9-25(27)32(35,36)37)44-24-15-13-23(14-16-24)38-31(43)28(17-21-11-12-22(33)18-26(21)34)40-30(42)20-7-3-2-4-8-20/h2-19H,1H3,(H,38,43)(H,39,41)(H,40,42)/b28-17-. The number of amides is 3. The lowest BCUT2D eigenvalue weighted by molar-refractivity contribution is -0.137. The lowest BCUT2D eigenvalue weighted by Crippen LogP contribution is -2.30. The van der Waals surface area contributed by atoms with E-state index in [-0.39, 0.29) is 16.4 Å². The molecule has 0 saturated heterocycles. The molecular formula is C32H24Cl2F3N3O3S. The van der Waals surface area contributed by atoms with Crippen LogP contribution in [0.4, 0.5) is 24.5 Å². The van der Waals surface area contributed by atoms with Crippen LogP contribution in [0.15, 0.2) is 108 Å². The van der Waals surface area contributed by atoms with Crippen molar-refractivity contribution in [3.05, 3.63) is 129 Å². The highest BCUT2D eigenvalue weighted by molar-refractivity contribution is 8.00. The van der Waals surface area contributed by atoms with Crippen LogP contribution in [0.25, 0.3) is 6.08 Å². The summed E-state index contributed by atoms with van der Waals surface area (Å²) in [6.45, 7) is 1.57. The predicted molar refractivity (Wildman–Crippen MR) is 169 cm³/mol. The van der Waals surface area contributed by atoms with Gasteiger partial charge in [-0.25, -0.2) is 0 Å². The first-order valence-corrected chi connectivity index (χ1v) is 14.6. The van der Waals surface area contributed by atoms with Gasteiger partial charge >= 0.3 is 6.18 Å². The van der Waals surface area contributed by atoms with E-state index in [0.29, 0.717) is 26.7 Å². The lowest BCUT2D eigenvalue weighted by atomic mass is 10.1. The van der Waals surface area contributed by atoms with Gasteiger partial charge in [0.05, 0.1) is 16.5 Å². The van der Waals surface area contributed by atoms with E-state index >= 15 is 0 Å². The molecule has 12 heteroatoms. The summed E-state index contributed by atoms with van der Waals surface area (Å²) < 4.78 is 39.9. The number of anilines is 2. The summed E-state index contributed by atoms with van der Waals surface area (Å²) in [6.07, 6.45) is -3.18. The number of rotatable bonds is 9. The van der Waals surface area contributed by atoms with Crippen molar-refractivity contribution >= 4 is 70.1 Å². The molecule has 0 spiro atoms. The minimum atomic E-state index is -4.61. The second-order valence-corrected chi connectivity index (χ2v) is 11.6. The minimum Gasteiger partial charge on any atom is -0.325 e. The second-order valence-electron chi connectivity index (χ2n) is 9.32. The molecule has 3 amide bonds. The normalized spacial score (nSPS) is 12.3. The molecule has 1 unspecified atom stereocenters. The molecular weight excluding hydrogens is 634 g/mol. The molecule has 0 heterocycles. The van der Waals surface area contributed by atoms with Crippen LogP contribution in [0.5, 0.6) is 0 Å². The molecule has 0 aliphatic carbocycles. The Morgan fingerprint density at radius 3 is 2.16 bits per heavy atom. The summed E-state index contributed by atoms with van der Waals surface area (Å²) in [5.41, 5.74) is -0.152. The number of nitrogens with one attached hydrogen (secondary N) is 3. The lowest BCUT2D eigenvalue weighted by Gasteiger charge is -2.16. The number of hydrogen-bond acceptors (Lipinski definition) is 4. The Kier molecular flexibility index (Phi) is 10.7. The molecule has 0 radical (unpaired) electrons. The van der Waals surface area contributed by atoms with E-state index in [9.17, 15) is 27.6 Å². The molecule has 4 aromatic carbocycles. The summed E-state index contributed by atoms with van der Waals surface area (Å²) in [4.78, 5) is 39.4. The van der Waals surface area contributed by atoms with Crippen LogP contribution >= 0.6 is 35.0 Å².